The highest BCUT2D eigenvalue weighted by molar-refractivity contribution is 6.31. The van der Waals surface area contributed by atoms with E-state index in [1.54, 1.807) is 36.5 Å². The molecule has 1 atom stereocenters. The molecule has 0 aliphatic carbocycles. The number of carboxylic acids is 1. The van der Waals surface area contributed by atoms with E-state index >= 15 is 0 Å². The average Bonchev–Trinajstić information content (AvgIpc) is 2.86. The van der Waals surface area contributed by atoms with Crippen LogP contribution in [-0.4, -0.2) is 23.2 Å². The summed E-state index contributed by atoms with van der Waals surface area (Å²) in [6, 6.07) is 12.6. The Labute approximate surface area is 144 Å². The van der Waals surface area contributed by atoms with Crippen LogP contribution in [0, 0.1) is 0 Å². The molecule has 0 saturated carbocycles. The van der Waals surface area contributed by atoms with Gasteiger partial charge in [0.25, 0.3) is 0 Å². The molecule has 0 radical (unpaired) electrons. The minimum atomic E-state index is -0.818. The summed E-state index contributed by atoms with van der Waals surface area (Å²) < 4.78 is 0. The number of aliphatic imine (C=N–C) groups is 1. The zero-order chi connectivity index (χ0) is 17.1. The Morgan fingerprint density at radius 2 is 2.00 bits per heavy atom. The average molecular weight is 343 g/mol. The summed E-state index contributed by atoms with van der Waals surface area (Å²) >= 11 is 6.00. The third-order valence-electron chi connectivity index (χ3n) is 3.83. The maximum Gasteiger partial charge on any atom is 0.303 e. The Hall–Kier alpha value is -2.66. The third-order valence-corrected chi connectivity index (χ3v) is 4.06. The number of aliphatic carboxylic acids is 1. The third kappa shape index (κ3) is 3.63. The second kappa shape index (κ2) is 6.84. The zero-order valence-electron chi connectivity index (χ0n) is 12.7. The Morgan fingerprint density at radius 1 is 1.25 bits per heavy atom. The smallest absolute Gasteiger partial charge is 0.303 e. The lowest BCUT2D eigenvalue weighted by atomic mass is 10.0. The van der Waals surface area contributed by atoms with Crippen LogP contribution >= 0.6 is 11.6 Å². The molecule has 2 aromatic carbocycles. The molecule has 24 heavy (non-hydrogen) atoms. The van der Waals surface area contributed by atoms with Crippen molar-refractivity contribution in [2.45, 2.75) is 18.8 Å². The summed E-state index contributed by atoms with van der Waals surface area (Å²) in [6.07, 6.45) is 2.18. The van der Waals surface area contributed by atoms with Crippen molar-refractivity contribution in [1.82, 2.24) is 0 Å². The normalized spacial score (nSPS) is 16.2. The van der Waals surface area contributed by atoms with Crippen molar-refractivity contribution in [3.63, 3.8) is 0 Å². The molecule has 6 heteroatoms. The number of nitrogens with zero attached hydrogens (tertiary/aromatic N) is 1. The van der Waals surface area contributed by atoms with Gasteiger partial charge in [-0.1, -0.05) is 23.7 Å². The molecule has 0 saturated heterocycles. The standard InChI is InChI=1S/C18H15ClN2O3/c19-12-4-7-16-14(9-12)15(18(24)21-16)10-20-13-5-1-11(2-6-13)3-8-17(22)23/h1-2,4-7,9-10,15H,3,8H2,(H,21,24)(H,22,23). The van der Waals surface area contributed by atoms with Crippen LogP contribution in [0.2, 0.25) is 5.02 Å². The van der Waals surface area contributed by atoms with E-state index < -0.39 is 11.9 Å². The summed E-state index contributed by atoms with van der Waals surface area (Å²) in [5.74, 6) is -1.42. The number of anilines is 1. The van der Waals surface area contributed by atoms with Gasteiger partial charge in [0.15, 0.2) is 0 Å². The number of fused-ring (bicyclic) bond motifs is 1. The van der Waals surface area contributed by atoms with Crippen LogP contribution in [0.4, 0.5) is 11.4 Å². The van der Waals surface area contributed by atoms with E-state index in [2.05, 4.69) is 10.3 Å². The number of aryl methyl sites for hydroxylation is 1. The fraction of sp³-hybridized carbons (Fsp3) is 0.167. The van der Waals surface area contributed by atoms with E-state index in [0.717, 1.165) is 16.8 Å². The molecule has 0 aromatic heterocycles. The van der Waals surface area contributed by atoms with Crippen LogP contribution in [-0.2, 0) is 16.0 Å². The summed E-state index contributed by atoms with van der Waals surface area (Å²) in [5, 5.41) is 12.1. The number of benzene rings is 2. The van der Waals surface area contributed by atoms with E-state index in [9.17, 15) is 9.59 Å². The van der Waals surface area contributed by atoms with Gasteiger partial charge in [0.2, 0.25) is 5.91 Å². The number of hydrogen-bond acceptors (Lipinski definition) is 3. The number of rotatable bonds is 5. The first-order valence-corrected chi connectivity index (χ1v) is 7.86. The molecular formula is C18H15ClN2O3. The second-order valence-corrected chi connectivity index (χ2v) is 5.97. The molecule has 1 aliphatic rings. The topological polar surface area (TPSA) is 78.8 Å². The number of nitrogens with one attached hydrogen (secondary N) is 1. The highest BCUT2D eigenvalue weighted by Crippen LogP contribution is 2.33. The number of carbonyl (C=O) groups excluding carboxylic acids is 1. The van der Waals surface area contributed by atoms with Gasteiger partial charge in [-0.15, -0.1) is 0 Å². The molecule has 3 rings (SSSR count). The summed E-state index contributed by atoms with van der Waals surface area (Å²) in [4.78, 5) is 27.0. The highest BCUT2D eigenvalue weighted by atomic mass is 35.5. The molecule has 122 valence electrons. The Bertz CT molecular complexity index is 816. The number of hydrogen-bond donors (Lipinski definition) is 2. The fourth-order valence-corrected chi connectivity index (χ4v) is 2.75. The molecule has 0 fully saturated rings. The molecular weight excluding hydrogens is 328 g/mol. The fourth-order valence-electron chi connectivity index (χ4n) is 2.56. The van der Waals surface area contributed by atoms with Crippen molar-refractivity contribution in [2.24, 2.45) is 4.99 Å². The zero-order valence-corrected chi connectivity index (χ0v) is 13.5. The minimum Gasteiger partial charge on any atom is -0.481 e. The molecule has 0 spiro atoms. The van der Waals surface area contributed by atoms with Gasteiger partial charge in [-0.2, -0.15) is 0 Å². The van der Waals surface area contributed by atoms with E-state index in [-0.39, 0.29) is 12.3 Å². The van der Waals surface area contributed by atoms with Gasteiger partial charge in [-0.3, -0.25) is 14.6 Å². The van der Waals surface area contributed by atoms with Gasteiger partial charge >= 0.3 is 5.97 Å². The Kier molecular flexibility index (Phi) is 4.62. The van der Waals surface area contributed by atoms with E-state index in [1.807, 2.05) is 12.1 Å². The van der Waals surface area contributed by atoms with Gasteiger partial charge in [-0.25, -0.2) is 0 Å². The summed E-state index contributed by atoms with van der Waals surface area (Å²) in [6.45, 7) is 0. The first-order chi connectivity index (χ1) is 11.5. The van der Waals surface area contributed by atoms with Gasteiger partial charge in [0.05, 0.1) is 5.69 Å². The van der Waals surface area contributed by atoms with Gasteiger partial charge in [0.1, 0.15) is 5.92 Å². The van der Waals surface area contributed by atoms with Crippen molar-refractivity contribution in [1.29, 1.82) is 0 Å². The molecule has 1 heterocycles. The predicted molar refractivity (Wildman–Crippen MR) is 93.4 cm³/mol. The van der Waals surface area contributed by atoms with Crippen LogP contribution in [0.3, 0.4) is 0 Å². The van der Waals surface area contributed by atoms with E-state index in [4.69, 9.17) is 16.7 Å². The van der Waals surface area contributed by atoms with E-state index in [0.29, 0.717) is 17.1 Å². The number of halogens is 1. The molecule has 2 aromatic rings. The lowest BCUT2D eigenvalue weighted by molar-refractivity contribution is -0.137. The maximum absolute atomic E-state index is 12.1. The highest BCUT2D eigenvalue weighted by Gasteiger charge is 2.29. The van der Waals surface area contributed by atoms with Gasteiger partial charge in [-0.05, 0) is 47.9 Å². The summed E-state index contributed by atoms with van der Waals surface area (Å²) in [7, 11) is 0. The molecule has 5 nitrogen and oxygen atoms in total. The van der Waals surface area contributed by atoms with Crippen LogP contribution in [0.15, 0.2) is 47.5 Å². The SMILES string of the molecule is O=C(O)CCc1ccc(N=CC2C(=O)Nc3ccc(Cl)cc32)cc1. The van der Waals surface area contributed by atoms with Gasteiger partial charge in [0, 0.05) is 23.3 Å². The van der Waals surface area contributed by atoms with Crippen LogP contribution in [0.1, 0.15) is 23.5 Å². The van der Waals surface area contributed by atoms with E-state index in [1.165, 1.54) is 0 Å². The molecule has 1 aliphatic heterocycles. The van der Waals surface area contributed by atoms with Gasteiger partial charge < -0.3 is 10.4 Å². The largest absolute Gasteiger partial charge is 0.481 e. The quantitative estimate of drug-likeness (QED) is 0.811. The monoisotopic (exact) mass is 342 g/mol. The lowest BCUT2D eigenvalue weighted by Crippen LogP contribution is -2.12. The van der Waals surface area contributed by atoms with Crippen molar-refractivity contribution in [3.8, 4) is 0 Å². The molecule has 1 unspecified atom stereocenters. The maximum atomic E-state index is 12.1. The van der Waals surface area contributed by atoms with Crippen molar-refractivity contribution in [3.05, 3.63) is 58.6 Å². The number of amides is 1. The van der Waals surface area contributed by atoms with Crippen LogP contribution in [0.5, 0.6) is 0 Å². The van der Waals surface area contributed by atoms with Crippen molar-refractivity contribution < 1.29 is 14.7 Å². The predicted octanol–water partition coefficient (Wildman–Crippen LogP) is 3.80. The number of carbonyl (C=O) groups is 2. The molecule has 0 bridgehead atoms. The lowest BCUT2D eigenvalue weighted by Gasteiger charge is -2.03. The molecule has 1 amide bonds. The van der Waals surface area contributed by atoms with Crippen LogP contribution < -0.4 is 5.32 Å². The summed E-state index contributed by atoms with van der Waals surface area (Å²) in [5.41, 5.74) is 3.21. The van der Waals surface area contributed by atoms with Crippen LogP contribution in [0.25, 0.3) is 0 Å². The van der Waals surface area contributed by atoms with Crippen molar-refractivity contribution >= 4 is 41.1 Å². The Morgan fingerprint density at radius 3 is 2.71 bits per heavy atom. The first kappa shape index (κ1) is 16.2. The first-order valence-electron chi connectivity index (χ1n) is 7.48. The molecule has 2 N–H and O–H groups in total. The Balaban J connectivity index is 1.73. The van der Waals surface area contributed by atoms with Crippen molar-refractivity contribution in [2.75, 3.05) is 5.32 Å². The number of carboxylic acid groups (broad SMARTS) is 1. The second-order valence-electron chi connectivity index (χ2n) is 5.54. The minimum absolute atomic E-state index is 0.0996.